The molecular formula is C22H23NS. The van der Waals surface area contributed by atoms with Crippen LogP contribution in [-0.4, -0.2) is 4.98 Å². The molecule has 0 bridgehead atoms. The third kappa shape index (κ3) is 3.20. The highest BCUT2D eigenvalue weighted by atomic mass is 32.1. The molecule has 0 N–H and O–H groups in total. The van der Waals surface area contributed by atoms with Crippen molar-refractivity contribution in [2.24, 2.45) is 0 Å². The van der Waals surface area contributed by atoms with E-state index in [0.29, 0.717) is 0 Å². The molecule has 0 radical (unpaired) electrons. The Labute approximate surface area is 148 Å². The van der Waals surface area contributed by atoms with E-state index >= 15 is 0 Å². The Morgan fingerprint density at radius 2 is 1.83 bits per heavy atom. The number of rotatable bonds is 3. The van der Waals surface area contributed by atoms with E-state index < -0.39 is 0 Å². The van der Waals surface area contributed by atoms with Crippen LogP contribution in [-0.2, 0) is 5.41 Å². The Morgan fingerprint density at radius 3 is 2.46 bits per heavy atom. The zero-order valence-corrected chi connectivity index (χ0v) is 15.6. The zero-order chi connectivity index (χ0) is 17.3. The Bertz CT molecular complexity index is 905. The topological polar surface area (TPSA) is 12.9 Å². The average molecular weight is 334 g/mol. The predicted octanol–water partition coefficient (Wildman–Crippen LogP) is 6.85. The minimum Gasteiger partial charge on any atom is -0.256 e. The average Bonchev–Trinajstić information content (AvgIpc) is 2.98. The largest absolute Gasteiger partial charge is 0.256 e. The quantitative estimate of drug-likeness (QED) is 0.478. The minimum absolute atomic E-state index is 0.181. The van der Waals surface area contributed by atoms with Crippen LogP contribution < -0.4 is 0 Å². The Kier molecular flexibility index (Phi) is 4.42. The third-order valence-electron chi connectivity index (χ3n) is 4.15. The smallest absolute Gasteiger partial charge is 0.0782 e. The summed E-state index contributed by atoms with van der Waals surface area (Å²) in [6.07, 6.45) is 5.88. The lowest BCUT2D eigenvalue weighted by Gasteiger charge is -2.18. The van der Waals surface area contributed by atoms with Crippen LogP contribution in [0.2, 0.25) is 0 Å². The summed E-state index contributed by atoms with van der Waals surface area (Å²) in [5.74, 6) is 0. The number of hydrogen-bond acceptors (Lipinski definition) is 2. The molecule has 0 saturated heterocycles. The van der Waals surface area contributed by atoms with Crippen LogP contribution in [0.1, 0.15) is 39.0 Å². The van der Waals surface area contributed by atoms with Crippen LogP contribution in [0.3, 0.4) is 0 Å². The summed E-state index contributed by atoms with van der Waals surface area (Å²) in [7, 11) is 0. The van der Waals surface area contributed by atoms with Gasteiger partial charge in [-0.25, -0.2) is 0 Å². The van der Waals surface area contributed by atoms with Crippen molar-refractivity contribution in [3.05, 3.63) is 72.6 Å². The van der Waals surface area contributed by atoms with E-state index in [9.17, 15) is 0 Å². The second-order valence-corrected chi connectivity index (χ2v) is 8.12. The van der Waals surface area contributed by atoms with Crippen molar-refractivity contribution in [2.75, 3.05) is 0 Å². The number of thiophene rings is 1. The first-order valence-electron chi connectivity index (χ1n) is 8.21. The first-order chi connectivity index (χ1) is 11.4. The van der Waals surface area contributed by atoms with Crippen LogP contribution >= 0.6 is 11.3 Å². The second-order valence-electron chi connectivity index (χ2n) is 7.03. The molecule has 2 heteroatoms. The minimum atomic E-state index is 0.181. The number of pyridine rings is 1. The third-order valence-corrected chi connectivity index (χ3v) is 5.30. The first kappa shape index (κ1) is 16.7. The predicted molar refractivity (Wildman–Crippen MR) is 108 cm³/mol. The molecule has 1 nitrogen and oxygen atoms in total. The number of aromatic nitrogens is 1. The summed E-state index contributed by atoms with van der Waals surface area (Å²) < 4.78 is 1.25. The summed E-state index contributed by atoms with van der Waals surface area (Å²) in [4.78, 5) is 5.81. The van der Waals surface area contributed by atoms with E-state index in [4.69, 9.17) is 0 Å². The Hall–Kier alpha value is -2.19. The lowest BCUT2D eigenvalue weighted by atomic mass is 9.86. The molecule has 3 aromatic rings. The van der Waals surface area contributed by atoms with E-state index in [1.807, 2.05) is 36.6 Å². The van der Waals surface area contributed by atoms with Gasteiger partial charge in [-0.1, -0.05) is 63.8 Å². The molecule has 2 aromatic heterocycles. The monoisotopic (exact) mass is 333 g/mol. The molecule has 0 saturated carbocycles. The standard InChI is InChI=1S/C22H23NS/c1-6-7-15(2)21-18-14-20(24-19(18)12-13-23-21)16-8-10-17(11-9-16)22(3,4)5/h6-14H,2H2,1,3-5H3/b7-6-. The SMILES string of the molecule is C=C(/C=C\C)c1nccc2sc(-c3ccc(C(C)(C)C)cc3)cc12. The summed E-state index contributed by atoms with van der Waals surface area (Å²) >= 11 is 1.81. The first-order valence-corrected chi connectivity index (χ1v) is 9.03. The van der Waals surface area contributed by atoms with Crippen LogP contribution in [0.25, 0.3) is 26.1 Å². The van der Waals surface area contributed by atoms with Crippen molar-refractivity contribution in [3.8, 4) is 10.4 Å². The molecule has 0 atom stereocenters. The van der Waals surface area contributed by atoms with Gasteiger partial charge in [-0.2, -0.15) is 0 Å². The van der Waals surface area contributed by atoms with Crippen molar-refractivity contribution < 1.29 is 0 Å². The molecule has 1 aromatic carbocycles. The summed E-state index contributed by atoms with van der Waals surface area (Å²) in [6, 6.07) is 13.2. The van der Waals surface area contributed by atoms with E-state index in [0.717, 1.165) is 11.3 Å². The van der Waals surface area contributed by atoms with Crippen LogP contribution in [0.4, 0.5) is 0 Å². The van der Waals surface area contributed by atoms with Gasteiger partial charge in [-0.15, -0.1) is 11.3 Å². The highest BCUT2D eigenvalue weighted by Gasteiger charge is 2.14. The molecule has 0 aliphatic rings. The summed E-state index contributed by atoms with van der Waals surface area (Å²) in [6.45, 7) is 12.9. The van der Waals surface area contributed by atoms with Gasteiger partial charge >= 0.3 is 0 Å². The highest BCUT2D eigenvalue weighted by molar-refractivity contribution is 7.22. The van der Waals surface area contributed by atoms with Gasteiger partial charge in [0.25, 0.3) is 0 Å². The van der Waals surface area contributed by atoms with Crippen molar-refractivity contribution >= 4 is 27.0 Å². The van der Waals surface area contributed by atoms with Gasteiger partial charge in [0.05, 0.1) is 5.69 Å². The zero-order valence-electron chi connectivity index (χ0n) is 14.8. The molecule has 0 spiro atoms. The molecule has 0 amide bonds. The van der Waals surface area contributed by atoms with Gasteiger partial charge in [0.1, 0.15) is 0 Å². The van der Waals surface area contributed by atoms with Gasteiger partial charge in [-0.3, -0.25) is 4.98 Å². The molecule has 0 fully saturated rings. The fourth-order valence-electron chi connectivity index (χ4n) is 2.78. The molecule has 2 heterocycles. The maximum atomic E-state index is 4.53. The number of nitrogens with zero attached hydrogens (tertiary/aromatic N) is 1. The molecular weight excluding hydrogens is 310 g/mol. The van der Waals surface area contributed by atoms with E-state index in [1.54, 1.807) is 0 Å². The molecule has 0 aliphatic carbocycles. The van der Waals surface area contributed by atoms with Gasteiger partial charge in [0.15, 0.2) is 0 Å². The van der Waals surface area contributed by atoms with Crippen LogP contribution in [0.5, 0.6) is 0 Å². The molecule has 122 valence electrons. The number of benzene rings is 1. The maximum absolute atomic E-state index is 4.53. The van der Waals surface area contributed by atoms with Crippen LogP contribution in [0, 0.1) is 0 Å². The summed E-state index contributed by atoms with van der Waals surface area (Å²) in [5.41, 5.74) is 4.72. The van der Waals surface area contributed by atoms with Crippen molar-refractivity contribution in [2.45, 2.75) is 33.1 Å². The fourth-order valence-corrected chi connectivity index (χ4v) is 3.84. The maximum Gasteiger partial charge on any atom is 0.0782 e. The van der Waals surface area contributed by atoms with Gasteiger partial charge < -0.3 is 0 Å². The number of allylic oxidation sites excluding steroid dienone is 3. The van der Waals surface area contributed by atoms with E-state index in [-0.39, 0.29) is 5.41 Å². The summed E-state index contributed by atoms with van der Waals surface area (Å²) in [5, 5.41) is 1.18. The van der Waals surface area contributed by atoms with E-state index in [1.165, 1.54) is 26.1 Å². The molecule has 0 unspecified atom stereocenters. The lowest BCUT2D eigenvalue weighted by Crippen LogP contribution is -2.10. The molecule has 24 heavy (non-hydrogen) atoms. The van der Waals surface area contributed by atoms with Gasteiger partial charge in [0.2, 0.25) is 0 Å². The number of fused-ring (bicyclic) bond motifs is 1. The van der Waals surface area contributed by atoms with Gasteiger partial charge in [-0.05, 0) is 41.2 Å². The molecule has 0 aliphatic heterocycles. The fraction of sp³-hybridized carbons (Fsp3) is 0.227. The van der Waals surface area contributed by atoms with Gasteiger partial charge in [0, 0.05) is 21.2 Å². The van der Waals surface area contributed by atoms with Crippen LogP contribution in [0.15, 0.2) is 61.3 Å². The highest BCUT2D eigenvalue weighted by Crippen LogP contribution is 2.37. The van der Waals surface area contributed by atoms with Crippen molar-refractivity contribution in [3.63, 3.8) is 0 Å². The van der Waals surface area contributed by atoms with Crippen molar-refractivity contribution in [1.29, 1.82) is 0 Å². The second kappa shape index (κ2) is 6.37. The Morgan fingerprint density at radius 1 is 1.12 bits per heavy atom. The number of hydrogen-bond donors (Lipinski definition) is 0. The lowest BCUT2D eigenvalue weighted by molar-refractivity contribution is 0.590. The molecule has 3 rings (SSSR count). The van der Waals surface area contributed by atoms with E-state index in [2.05, 4.69) is 68.7 Å². The van der Waals surface area contributed by atoms with Crippen molar-refractivity contribution in [1.82, 2.24) is 4.98 Å². The normalized spacial score (nSPS) is 12.2. The Balaban J connectivity index is 2.05.